The smallest absolute Gasteiger partial charge is 0.0511 e. The Kier molecular flexibility index (Phi) is 3.36. The average molecular weight is 211 g/mol. The molecule has 4 atom stereocenters. The van der Waals surface area contributed by atoms with Crippen LogP contribution in [0.3, 0.4) is 0 Å². The number of nitrogens with two attached hydrogens (primary N) is 1. The number of hydrogen-bond acceptors (Lipinski definition) is 2. The SMILES string of the molecule is CC1CCCC(N)(C2CCCOC2)C1C. The Morgan fingerprint density at radius 3 is 2.67 bits per heavy atom. The molecule has 2 rings (SSSR count). The van der Waals surface area contributed by atoms with Crippen LogP contribution >= 0.6 is 0 Å². The molecule has 2 N–H and O–H groups in total. The van der Waals surface area contributed by atoms with Gasteiger partial charge in [0, 0.05) is 18.1 Å². The molecule has 0 aromatic rings. The van der Waals surface area contributed by atoms with Crippen LogP contribution in [0.5, 0.6) is 0 Å². The fraction of sp³-hybridized carbons (Fsp3) is 1.00. The van der Waals surface area contributed by atoms with Crippen LogP contribution in [0.2, 0.25) is 0 Å². The van der Waals surface area contributed by atoms with Crippen molar-refractivity contribution in [2.45, 2.75) is 51.5 Å². The van der Waals surface area contributed by atoms with Crippen LogP contribution in [0, 0.1) is 17.8 Å². The third kappa shape index (κ3) is 2.07. The summed E-state index contributed by atoms with van der Waals surface area (Å²) in [4.78, 5) is 0. The number of ether oxygens (including phenoxy) is 1. The van der Waals surface area contributed by atoms with E-state index in [4.69, 9.17) is 10.5 Å². The standard InChI is InChI=1S/C13H25NO/c1-10-5-3-7-13(14,11(10)2)12-6-4-8-15-9-12/h10-12H,3-9,14H2,1-2H3. The lowest BCUT2D eigenvalue weighted by atomic mass is 9.62. The van der Waals surface area contributed by atoms with Crippen molar-refractivity contribution >= 4 is 0 Å². The zero-order valence-electron chi connectivity index (χ0n) is 10.2. The molecule has 0 aromatic heterocycles. The Hall–Kier alpha value is -0.0800. The third-order valence-electron chi connectivity index (χ3n) is 4.89. The molecule has 4 unspecified atom stereocenters. The van der Waals surface area contributed by atoms with Gasteiger partial charge in [0.1, 0.15) is 0 Å². The molecule has 0 bridgehead atoms. The summed E-state index contributed by atoms with van der Waals surface area (Å²) in [5.41, 5.74) is 6.74. The van der Waals surface area contributed by atoms with E-state index in [0.29, 0.717) is 11.8 Å². The molecule has 88 valence electrons. The highest BCUT2D eigenvalue weighted by Gasteiger charge is 2.44. The molecule has 0 radical (unpaired) electrons. The molecule has 1 heterocycles. The quantitative estimate of drug-likeness (QED) is 0.723. The van der Waals surface area contributed by atoms with Crippen LogP contribution < -0.4 is 5.73 Å². The van der Waals surface area contributed by atoms with Crippen molar-refractivity contribution in [1.29, 1.82) is 0 Å². The minimum atomic E-state index is 0.0537. The van der Waals surface area contributed by atoms with Crippen LogP contribution in [0.25, 0.3) is 0 Å². The molecule has 2 aliphatic rings. The number of hydrogen-bond donors (Lipinski definition) is 1. The van der Waals surface area contributed by atoms with Crippen molar-refractivity contribution in [3.05, 3.63) is 0 Å². The van der Waals surface area contributed by atoms with Crippen molar-refractivity contribution < 1.29 is 4.74 Å². The monoisotopic (exact) mass is 211 g/mol. The lowest BCUT2D eigenvalue weighted by Gasteiger charge is -2.49. The van der Waals surface area contributed by atoms with Gasteiger partial charge >= 0.3 is 0 Å². The molecule has 0 aromatic carbocycles. The van der Waals surface area contributed by atoms with E-state index in [2.05, 4.69) is 13.8 Å². The Bertz CT molecular complexity index is 213. The highest BCUT2D eigenvalue weighted by Crippen LogP contribution is 2.42. The summed E-state index contributed by atoms with van der Waals surface area (Å²) >= 11 is 0. The summed E-state index contributed by atoms with van der Waals surface area (Å²) in [6.07, 6.45) is 6.33. The molecule has 2 fully saturated rings. The van der Waals surface area contributed by atoms with Gasteiger partial charge in [0.25, 0.3) is 0 Å². The fourth-order valence-corrected chi connectivity index (χ4v) is 3.48. The molecule has 2 heteroatoms. The Morgan fingerprint density at radius 2 is 2.00 bits per heavy atom. The topological polar surface area (TPSA) is 35.2 Å². The third-order valence-corrected chi connectivity index (χ3v) is 4.89. The minimum absolute atomic E-state index is 0.0537. The van der Waals surface area contributed by atoms with E-state index in [0.717, 1.165) is 19.1 Å². The minimum Gasteiger partial charge on any atom is -0.381 e. The van der Waals surface area contributed by atoms with Crippen molar-refractivity contribution in [2.75, 3.05) is 13.2 Å². The molecular formula is C13H25NO. The normalized spacial score (nSPS) is 47.8. The van der Waals surface area contributed by atoms with Gasteiger partial charge in [0.2, 0.25) is 0 Å². The van der Waals surface area contributed by atoms with E-state index in [1.165, 1.54) is 32.1 Å². The van der Waals surface area contributed by atoms with Gasteiger partial charge in [-0.2, -0.15) is 0 Å². The van der Waals surface area contributed by atoms with Crippen molar-refractivity contribution in [3.63, 3.8) is 0 Å². The molecule has 1 aliphatic carbocycles. The Morgan fingerprint density at radius 1 is 1.20 bits per heavy atom. The predicted molar refractivity (Wildman–Crippen MR) is 62.6 cm³/mol. The molecule has 1 saturated heterocycles. The number of rotatable bonds is 1. The van der Waals surface area contributed by atoms with Crippen LogP contribution in [0.15, 0.2) is 0 Å². The van der Waals surface area contributed by atoms with Gasteiger partial charge in [0.15, 0.2) is 0 Å². The maximum Gasteiger partial charge on any atom is 0.0511 e. The second kappa shape index (κ2) is 4.42. The van der Waals surface area contributed by atoms with Crippen molar-refractivity contribution in [1.82, 2.24) is 0 Å². The summed E-state index contributed by atoms with van der Waals surface area (Å²) in [6.45, 7) is 6.54. The van der Waals surface area contributed by atoms with Gasteiger partial charge in [-0.05, 0) is 31.1 Å². The average Bonchev–Trinajstić information content (AvgIpc) is 2.27. The lowest BCUT2D eigenvalue weighted by Crippen LogP contribution is -2.58. The first kappa shape index (κ1) is 11.4. The van der Waals surface area contributed by atoms with Crippen LogP contribution in [-0.4, -0.2) is 18.8 Å². The van der Waals surface area contributed by atoms with Crippen molar-refractivity contribution in [2.24, 2.45) is 23.5 Å². The van der Waals surface area contributed by atoms with E-state index in [-0.39, 0.29) is 5.54 Å². The molecule has 0 spiro atoms. The molecule has 2 nitrogen and oxygen atoms in total. The zero-order valence-corrected chi connectivity index (χ0v) is 10.2. The molecule has 1 aliphatic heterocycles. The van der Waals surface area contributed by atoms with Gasteiger partial charge < -0.3 is 10.5 Å². The first-order valence-electron chi connectivity index (χ1n) is 6.51. The molecule has 1 saturated carbocycles. The molecule has 15 heavy (non-hydrogen) atoms. The van der Waals surface area contributed by atoms with Crippen LogP contribution in [0.4, 0.5) is 0 Å². The summed E-state index contributed by atoms with van der Waals surface area (Å²) in [5.74, 6) is 2.03. The fourth-order valence-electron chi connectivity index (χ4n) is 3.48. The maximum atomic E-state index is 6.69. The van der Waals surface area contributed by atoms with Gasteiger partial charge in [0.05, 0.1) is 6.61 Å². The highest BCUT2D eigenvalue weighted by molar-refractivity contribution is 5.00. The maximum absolute atomic E-state index is 6.69. The Labute approximate surface area is 93.6 Å². The molecule has 0 amide bonds. The second-order valence-corrected chi connectivity index (χ2v) is 5.68. The summed E-state index contributed by atoms with van der Waals surface area (Å²) in [7, 11) is 0. The predicted octanol–water partition coefficient (Wildman–Crippen LogP) is 2.57. The first-order valence-corrected chi connectivity index (χ1v) is 6.51. The van der Waals surface area contributed by atoms with E-state index in [1.807, 2.05) is 0 Å². The summed E-state index contributed by atoms with van der Waals surface area (Å²) < 4.78 is 5.60. The van der Waals surface area contributed by atoms with E-state index < -0.39 is 0 Å². The molecular weight excluding hydrogens is 186 g/mol. The first-order chi connectivity index (χ1) is 7.14. The van der Waals surface area contributed by atoms with Gasteiger partial charge in [-0.3, -0.25) is 0 Å². The highest BCUT2D eigenvalue weighted by atomic mass is 16.5. The zero-order chi connectivity index (χ0) is 10.9. The van der Waals surface area contributed by atoms with Crippen LogP contribution in [-0.2, 0) is 4.74 Å². The van der Waals surface area contributed by atoms with E-state index in [1.54, 1.807) is 0 Å². The van der Waals surface area contributed by atoms with Gasteiger partial charge in [-0.25, -0.2) is 0 Å². The summed E-state index contributed by atoms with van der Waals surface area (Å²) in [6, 6.07) is 0. The summed E-state index contributed by atoms with van der Waals surface area (Å²) in [5, 5.41) is 0. The lowest BCUT2D eigenvalue weighted by molar-refractivity contribution is -0.0175. The van der Waals surface area contributed by atoms with Crippen LogP contribution in [0.1, 0.15) is 46.0 Å². The van der Waals surface area contributed by atoms with Crippen molar-refractivity contribution in [3.8, 4) is 0 Å². The van der Waals surface area contributed by atoms with Gasteiger partial charge in [-0.15, -0.1) is 0 Å². The van der Waals surface area contributed by atoms with E-state index >= 15 is 0 Å². The second-order valence-electron chi connectivity index (χ2n) is 5.68. The Balaban J connectivity index is 2.08. The van der Waals surface area contributed by atoms with Gasteiger partial charge in [-0.1, -0.05) is 26.7 Å². The largest absolute Gasteiger partial charge is 0.381 e. The van der Waals surface area contributed by atoms with E-state index in [9.17, 15) is 0 Å².